The molecule has 2 heterocycles. The predicted octanol–water partition coefficient (Wildman–Crippen LogP) is 19.2. The molecule has 11 aromatic carbocycles. The predicted molar refractivity (Wildman–Crippen MR) is 314 cm³/mol. The summed E-state index contributed by atoms with van der Waals surface area (Å²) in [6.45, 7) is 9.66. The van der Waals surface area contributed by atoms with Gasteiger partial charge in [-0.25, -0.2) is 0 Å². The van der Waals surface area contributed by atoms with E-state index >= 15 is 0 Å². The van der Waals surface area contributed by atoms with E-state index in [0.29, 0.717) is 0 Å². The van der Waals surface area contributed by atoms with Crippen molar-refractivity contribution in [3.63, 3.8) is 0 Å². The van der Waals surface area contributed by atoms with E-state index in [-0.39, 0.29) is 10.8 Å². The Morgan fingerprint density at radius 2 is 0.757 bits per heavy atom. The maximum absolute atomic E-state index is 2.53. The molecule has 0 aliphatic heterocycles. The van der Waals surface area contributed by atoms with Crippen molar-refractivity contribution in [2.24, 2.45) is 0 Å². The molecule has 2 heteroatoms. The second-order valence-corrected chi connectivity index (χ2v) is 21.7. The van der Waals surface area contributed by atoms with Gasteiger partial charge in [-0.2, -0.15) is 0 Å². The van der Waals surface area contributed by atoms with Crippen LogP contribution < -0.4 is 0 Å². The van der Waals surface area contributed by atoms with Crippen molar-refractivity contribution in [1.29, 1.82) is 0 Å². The zero-order valence-electron chi connectivity index (χ0n) is 42.0. The van der Waals surface area contributed by atoms with Crippen LogP contribution in [0, 0.1) is 0 Å². The molecule has 0 amide bonds. The molecule has 2 nitrogen and oxygen atoms in total. The first-order valence-electron chi connectivity index (χ1n) is 26.1. The Morgan fingerprint density at radius 1 is 0.297 bits per heavy atom. The molecule has 0 fully saturated rings. The van der Waals surface area contributed by atoms with Gasteiger partial charge in [-0.15, -0.1) is 0 Å². The Morgan fingerprint density at radius 3 is 1.45 bits per heavy atom. The average Bonchev–Trinajstić information content (AvgIpc) is 4.13. The SMILES string of the molecule is CC1(C)c2cc(-c3ccc(C=Cc4ccc5c(c4)c4ccccc4n5-c4ccccc4)cc3)ccc2-c2cc3c(cc21)-c1ccc(-c2ccc4c(c2)c2ccccc2n4-c2cccc4ccccc24)cc1C3(C)C. The summed E-state index contributed by atoms with van der Waals surface area (Å²) >= 11 is 0. The zero-order chi connectivity index (χ0) is 49.5. The first kappa shape index (κ1) is 42.7. The van der Waals surface area contributed by atoms with Crippen LogP contribution >= 0.6 is 0 Å². The third-order valence-electron chi connectivity index (χ3n) is 16.9. The molecule has 350 valence electrons. The van der Waals surface area contributed by atoms with E-state index in [0.717, 1.165) is 0 Å². The summed E-state index contributed by atoms with van der Waals surface area (Å²) in [5, 5.41) is 7.58. The van der Waals surface area contributed by atoms with Crippen molar-refractivity contribution in [3.05, 3.63) is 264 Å². The van der Waals surface area contributed by atoms with Gasteiger partial charge >= 0.3 is 0 Å². The molecule has 0 saturated carbocycles. The van der Waals surface area contributed by atoms with E-state index in [2.05, 4.69) is 280 Å². The van der Waals surface area contributed by atoms with E-state index in [1.54, 1.807) is 0 Å². The normalized spacial score (nSPS) is 14.1. The van der Waals surface area contributed by atoms with Crippen molar-refractivity contribution in [2.75, 3.05) is 0 Å². The lowest BCUT2D eigenvalue weighted by Gasteiger charge is -2.24. The Balaban J connectivity index is 0.721. The highest BCUT2D eigenvalue weighted by Gasteiger charge is 2.42. The van der Waals surface area contributed by atoms with Crippen LogP contribution in [0.2, 0.25) is 0 Å². The quantitative estimate of drug-likeness (QED) is 0.147. The van der Waals surface area contributed by atoms with E-state index in [1.165, 1.54) is 144 Å². The topological polar surface area (TPSA) is 9.86 Å². The van der Waals surface area contributed by atoms with Gasteiger partial charge in [-0.3, -0.25) is 0 Å². The van der Waals surface area contributed by atoms with Crippen LogP contribution in [-0.4, -0.2) is 9.13 Å². The van der Waals surface area contributed by atoms with Crippen LogP contribution in [0.5, 0.6) is 0 Å². The number of benzene rings is 11. The summed E-state index contributed by atoms with van der Waals surface area (Å²) in [6.07, 6.45) is 4.47. The fraction of sp³-hybridized carbons (Fsp3) is 0.0833. The summed E-state index contributed by atoms with van der Waals surface area (Å²) in [5.41, 5.74) is 25.4. The second kappa shape index (κ2) is 15.8. The van der Waals surface area contributed by atoms with E-state index < -0.39 is 0 Å². The molecule has 15 rings (SSSR count). The molecule has 74 heavy (non-hydrogen) atoms. The van der Waals surface area contributed by atoms with Gasteiger partial charge in [0.1, 0.15) is 0 Å². The first-order chi connectivity index (χ1) is 36.2. The van der Waals surface area contributed by atoms with E-state index in [1.807, 2.05) is 0 Å². The smallest absolute Gasteiger partial charge is 0.0541 e. The molecule has 0 bridgehead atoms. The van der Waals surface area contributed by atoms with Gasteiger partial charge in [0, 0.05) is 43.4 Å². The minimum Gasteiger partial charge on any atom is -0.309 e. The zero-order valence-corrected chi connectivity index (χ0v) is 42.0. The van der Waals surface area contributed by atoms with E-state index in [9.17, 15) is 0 Å². The number of hydrogen-bond acceptors (Lipinski definition) is 0. The largest absolute Gasteiger partial charge is 0.309 e. The molecule has 0 unspecified atom stereocenters. The highest BCUT2D eigenvalue weighted by atomic mass is 15.0. The number of para-hydroxylation sites is 3. The third-order valence-corrected chi connectivity index (χ3v) is 16.9. The lowest BCUT2D eigenvalue weighted by molar-refractivity contribution is 0.652. The molecular weight excluding hydrogens is 893 g/mol. The summed E-state index contributed by atoms with van der Waals surface area (Å²) in [7, 11) is 0. The maximum Gasteiger partial charge on any atom is 0.0541 e. The number of rotatable bonds is 6. The van der Waals surface area contributed by atoms with Crippen LogP contribution in [0.25, 0.3) is 122 Å². The molecule has 0 atom stereocenters. The Bertz CT molecular complexity index is 4510. The number of aromatic nitrogens is 2. The minimum atomic E-state index is -0.164. The molecule has 0 saturated heterocycles. The summed E-state index contributed by atoms with van der Waals surface area (Å²) in [5.74, 6) is 0. The number of fused-ring (bicyclic) bond motifs is 13. The lowest BCUT2D eigenvalue weighted by Crippen LogP contribution is -2.17. The van der Waals surface area contributed by atoms with Crippen molar-refractivity contribution in [2.45, 2.75) is 38.5 Å². The molecule has 13 aromatic rings. The van der Waals surface area contributed by atoms with Crippen molar-refractivity contribution in [3.8, 4) is 55.9 Å². The van der Waals surface area contributed by atoms with Gasteiger partial charge in [0.25, 0.3) is 0 Å². The molecule has 2 aromatic heterocycles. The Hall–Kier alpha value is -8.98. The van der Waals surface area contributed by atoms with Crippen LogP contribution in [0.15, 0.2) is 231 Å². The highest BCUT2D eigenvalue weighted by molar-refractivity contribution is 6.12. The molecule has 0 N–H and O–H groups in total. The van der Waals surface area contributed by atoms with Gasteiger partial charge in [-0.05, 0) is 162 Å². The van der Waals surface area contributed by atoms with Crippen molar-refractivity contribution in [1.82, 2.24) is 9.13 Å². The van der Waals surface area contributed by atoms with Gasteiger partial charge in [-0.1, -0.05) is 192 Å². The highest BCUT2D eigenvalue weighted by Crippen LogP contribution is 2.57. The number of nitrogens with zero attached hydrogens (tertiary/aromatic N) is 2. The first-order valence-corrected chi connectivity index (χ1v) is 26.1. The van der Waals surface area contributed by atoms with Crippen LogP contribution in [0.4, 0.5) is 0 Å². The standard InChI is InChI=1S/C72H52N2/c1-71(2)62-41-50(47-30-27-45(28-31-47)25-26-46-29-37-69-60(39-46)56-20-10-12-22-67(56)73(69)52-17-6-5-7-18-52)32-35-54(62)58-43-65-59(44-64(58)71)55-36-33-51(42-63(55)72(65,3)4)49-34-38-70-61(40-49)57-21-11-13-23-68(57)74(70)66-24-14-16-48-15-8-9-19-53(48)66/h5-44H,1-4H3. The van der Waals surface area contributed by atoms with Gasteiger partial charge in [0.2, 0.25) is 0 Å². The van der Waals surface area contributed by atoms with Crippen molar-refractivity contribution < 1.29 is 0 Å². The summed E-state index contributed by atoms with van der Waals surface area (Å²) in [6, 6.07) is 85.9. The molecule has 2 aliphatic rings. The Kier molecular flexibility index (Phi) is 9.09. The monoisotopic (exact) mass is 944 g/mol. The van der Waals surface area contributed by atoms with E-state index in [4.69, 9.17) is 0 Å². The number of hydrogen-bond donors (Lipinski definition) is 0. The van der Waals surface area contributed by atoms with Gasteiger partial charge in [0.15, 0.2) is 0 Å². The Labute approximate surface area is 431 Å². The van der Waals surface area contributed by atoms with Crippen molar-refractivity contribution >= 4 is 66.5 Å². The fourth-order valence-electron chi connectivity index (χ4n) is 13.1. The summed E-state index contributed by atoms with van der Waals surface area (Å²) in [4.78, 5) is 0. The maximum atomic E-state index is 2.53. The molecular formula is C72H52N2. The summed E-state index contributed by atoms with van der Waals surface area (Å²) < 4.78 is 4.82. The molecule has 0 radical (unpaired) electrons. The third kappa shape index (κ3) is 6.24. The van der Waals surface area contributed by atoms with Gasteiger partial charge in [0.05, 0.1) is 27.8 Å². The molecule has 0 spiro atoms. The van der Waals surface area contributed by atoms with Crippen LogP contribution in [0.3, 0.4) is 0 Å². The average molecular weight is 945 g/mol. The van der Waals surface area contributed by atoms with Crippen LogP contribution in [0.1, 0.15) is 61.1 Å². The minimum absolute atomic E-state index is 0.152. The second-order valence-electron chi connectivity index (χ2n) is 21.7. The lowest BCUT2D eigenvalue weighted by atomic mass is 9.79. The fourth-order valence-corrected chi connectivity index (χ4v) is 13.1. The molecule has 2 aliphatic carbocycles. The van der Waals surface area contributed by atoms with Crippen LogP contribution in [-0.2, 0) is 10.8 Å². The van der Waals surface area contributed by atoms with Gasteiger partial charge < -0.3 is 9.13 Å².